The number of rotatable bonds is 5. The molecule has 0 radical (unpaired) electrons. The van der Waals surface area contributed by atoms with E-state index in [-0.39, 0.29) is 22.6 Å². The minimum atomic E-state index is -0.502. The minimum Gasteiger partial charge on any atom is -0.507 e. The summed E-state index contributed by atoms with van der Waals surface area (Å²) in [5.74, 6) is 3.90. The summed E-state index contributed by atoms with van der Waals surface area (Å²) in [4.78, 5) is 35.2. The van der Waals surface area contributed by atoms with Crippen LogP contribution in [0.25, 0.3) is 64.6 Å². The molecule has 0 spiro atoms. The number of phenols is 2. The Hall–Kier alpha value is -8.40. The van der Waals surface area contributed by atoms with Crippen molar-refractivity contribution in [1.29, 1.82) is 0 Å². The van der Waals surface area contributed by atoms with E-state index in [2.05, 4.69) is 34.8 Å². The lowest BCUT2D eigenvalue weighted by Gasteiger charge is -2.08. The van der Waals surface area contributed by atoms with Crippen molar-refractivity contribution >= 4 is 88.9 Å². The molecule has 296 valence electrons. The zero-order chi connectivity index (χ0) is 42.3. The molecule has 10 aromatic rings. The molecular formula is C52H38N4O5. The largest absolute Gasteiger partial charge is 0.507 e. The van der Waals surface area contributed by atoms with Crippen LogP contribution in [0.3, 0.4) is 0 Å². The fourth-order valence-electron chi connectivity index (χ4n) is 7.48. The highest BCUT2D eigenvalue weighted by molar-refractivity contribution is 6.14. The highest BCUT2D eigenvalue weighted by Gasteiger charge is 2.13. The maximum Gasteiger partial charge on any atom is 0.275 e. The maximum absolute atomic E-state index is 12.6. The molecule has 6 N–H and O–H groups in total. The maximum atomic E-state index is 12.6. The molecule has 0 unspecified atom stereocenters. The Bertz CT molecular complexity index is 3220. The predicted molar refractivity (Wildman–Crippen MR) is 246 cm³/mol. The van der Waals surface area contributed by atoms with Gasteiger partial charge in [-0.15, -0.1) is 0 Å². The fraction of sp³-hybridized carbons (Fsp3) is 0. The van der Waals surface area contributed by atoms with Crippen LogP contribution in [-0.4, -0.2) is 34.5 Å². The van der Waals surface area contributed by atoms with Crippen molar-refractivity contribution in [2.45, 2.75) is 0 Å². The molecule has 9 heteroatoms. The van der Waals surface area contributed by atoms with Crippen molar-refractivity contribution < 1.29 is 24.6 Å². The summed E-state index contributed by atoms with van der Waals surface area (Å²) in [6.45, 7) is 0. The van der Waals surface area contributed by atoms with Gasteiger partial charge in [0, 0.05) is 11.1 Å². The molecule has 10 rings (SSSR count). The molecule has 0 bridgehead atoms. The van der Waals surface area contributed by atoms with E-state index < -0.39 is 11.8 Å². The monoisotopic (exact) mass is 798 g/mol. The third-order valence-corrected chi connectivity index (χ3v) is 10.5. The van der Waals surface area contributed by atoms with E-state index in [9.17, 15) is 24.6 Å². The van der Waals surface area contributed by atoms with E-state index in [0.717, 1.165) is 82.0 Å². The molecule has 0 atom stereocenters. The zero-order valence-corrected chi connectivity index (χ0v) is 32.6. The average Bonchev–Trinajstić information content (AvgIpc) is 3.30. The first-order chi connectivity index (χ1) is 29.8. The van der Waals surface area contributed by atoms with Gasteiger partial charge in [0.2, 0.25) is 0 Å². The molecule has 2 amide bonds. The smallest absolute Gasteiger partial charge is 0.275 e. The van der Waals surface area contributed by atoms with Gasteiger partial charge in [-0.05, 0) is 101 Å². The molecule has 0 aliphatic heterocycles. The third-order valence-electron chi connectivity index (χ3n) is 10.5. The van der Waals surface area contributed by atoms with Crippen LogP contribution >= 0.6 is 0 Å². The molecular weight excluding hydrogens is 761 g/mol. The first-order valence-electron chi connectivity index (χ1n) is 19.4. The zero-order valence-electron chi connectivity index (χ0n) is 32.6. The average molecular weight is 799 g/mol. The Morgan fingerprint density at radius 1 is 0.443 bits per heavy atom. The molecule has 9 nitrogen and oxygen atoms in total. The number of nitrogens with two attached hydrogens (primary N) is 1. The van der Waals surface area contributed by atoms with Gasteiger partial charge in [-0.1, -0.05) is 146 Å². The van der Waals surface area contributed by atoms with Gasteiger partial charge in [0.25, 0.3) is 11.8 Å². The summed E-state index contributed by atoms with van der Waals surface area (Å²) >= 11 is 0. The molecule has 0 aliphatic carbocycles. The van der Waals surface area contributed by atoms with Gasteiger partial charge >= 0.3 is 0 Å². The number of benzene rings is 10. The topological polar surface area (TPSA) is 154 Å². The molecule has 0 aromatic heterocycles. The summed E-state index contributed by atoms with van der Waals surface area (Å²) < 4.78 is 0. The number of aldehydes is 1. The highest BCUT2D eigenvalue weighted by atomic mass is 16.3. The van der Waals surface area contributed by atoms with Crippen LogP contribution in [0.15, 0.2) is 187 Å². The van der Waals surface area contributed by atoms with Crippen molar-refractivity contribution in [2.75, 3.05) is 0 Å². The van der Waals surface area contributed by atoms with Crippen LogP contribution in [0, 0.1) is 0 Å². The number of carbonyl (C=O) groups excluding carboxylic acids is 3. The molecule has 0 aliphatic rings. The molecule has 0 saturated carbocycles. The van der Waals surface area contributed by atoms with Crippen molar-refractivity contribution in [3.05, 3.63) is 204 Å². The van der Waals surface area contributed by atoms with Gasteiger partial charge in [-0.25, -0.2) is 11.3 Å². The van der Waals surface area contributed by atoms with E-state index >= 15 is 0 Å². The number of hydrazone groups is 1. The molecule has 0 fully saturated rings. The summed E-state index contributed by atoms with van der Waals surface area (Å²) in [6.07, 6.45) is 2.62. The van der Waals surface area contributed by atoms with Crippen molar-refractivity contribution in [1.82, 2.24) is 10.9 Å². The van der Waals surface area contributed by atoms with Crippen LogP contribution in [-0.2, 0) is 0 Å². The van der Waals surface area contributed by atoms with Crippen LogP contribution in [0.5, 0.6) is 11.5 Å². The lowest BCUT2D eigenvalue weighted by atomic mass is 9.97. The minimum absolute atomic E-state index is 0.0722. The number of nitrogens with one attached hydrogen (secondary N) is 2. The molecule has 61 heavy (non-hydrogen) atoms. The van der Waals surface area contributed by atoms with Gasteiger partial charge < -0.3 is 10.2 Å². The number of nitrogens with zero attached hydrogens (tertiary/aromatic N) is 1. The van der Waals surface area contributed by atoms with Gasteiger partial charge in [-0.2, -0.15) is 5.10 Å². The van der Waals surface area contributed by atoms with Crippen LogP contribution in [0.4, 0.5) is 0 Å². The predicted octanol–water partition coefficient (Wildman–Crippen LogP) is 10.6. The van der Waals surface area contributed by atoms with Crippen molar-refractivity contribution in [2.24, 2.45) is 10.9 Å². The van der Waals surface area contributed by atoms with Gasteiger partial charge in [0.05, 0.1) is 17.3 Å². The normalized spacial score (nSPS) is 11.0. The summed E-state index contributed by atoms with van der Waals surface area (Å²) in [5, 5.41) is 36.2. The van der Waals surface area contributed by atoms with Gasteiger partial charge in [0.1, 0.15) is 11.5 Å². The Morgan fingerprint density at radius 3 is 1.15 bits per heavy atom. The van der Waals surface area contributed by atoms with Crippen LogP contribution in [0.1, 0.15) is 36.6 Å². The Balaban J connectivity index is 0.000000139. The Morgan fingerprint density at radius 2 is 0.770 bits per heavy atom. The van der Waals surface area contributed by atoms with E-state index in [4.69, 9.17) is 5.84 Å². The van der Waals surface area contributed by atoms with Crippen molar-refractivity contribution in [3.8, 4) is 11.5 Å². The highest BCUT2D eigenvalue weighted by Crippen LogP contribution is 2.30. The number of hydrogen-bond acceptors (Lipinski definition) is 7. The quantitative estimate of drug-likeness (QED) is 0.0292. The number of hydrogen-bond donors (Lipinski definition) is 5. The number of hydrazine groups is 1. The lowest BCUT2D eigenvalue weighted by molar-refractivity contribution is 0.0943. The van der Waals surface area contributed by atoms with E-state index in [1.54, 1.807) is 30.5 Å². The Kier molecular flexibility index (Phi) is 11.4. The second kappa shape index (κ2) is 17.6. The fourth-order valence-corrected chi connectivity index (χ4v) is 7.48. The summed E-state index contributed by atoms with van der Waals surface area (Å²) in [5.41, 5.74) is 6.63. The number of aromatic hydroxyl groups is 2. The molecule has 0 heterocycles. The number of phenolic OH excluding ortho intramolecular Hbond substituents is 2. The SMILES string of the molecule is NNC(=O)c1cc2ccccc2cc1O.O=C(N/N=C/c1c2ccccc2cc2ccccc12)c1cc2ccccc2cc1O.O=Cc1c2ccccc2cc2ccccc12. The standard InChI is InChI=1S/C26H18N2O2.C15H10O.C11H10N2O2/c29-25-15-18-8-2-1-7-17(18)14-23(25)26(30)28-27-16-24-21-11-5-3-9-19(21)13-20-10-4-6-12-22(20)24;16-10-15-13-7-3-1-5-11(13)9-12-6-2-4-8-14(12)15;12-13-11(15)9-5-7-3-1-2-4-8(7)6-10(9)14/h1-16,29H,(H,28,30);1-10H;1-6,14H,12H2,(H,13,15)/b27-16+;;. The van der Waals surface area contributed by atoms with Crippen LogP contribution < -0.4 is 16.7 Å². The molecule has 0 saturated heterocycles. The summed E-state index contributed by atoms with van der Waals surface area (Å²) in [6, 6.07) is 57.8. The number of carbonyl (C=O) groups is 3. The van der Waals surface area contributed by atoms with Gasteiger partial charge in [-0.3, -0.25) is 19.8 Å². The number of fused-ring (bicyclic) bond motifs is 6. The second-order valence-electron chi connectivity index (χ2n) is 14.2. The van der Waals surface area contributed by atoms with Gasteiger partial charge in [0.15, 0.2) is 6.29 Å². The summed E-state index contributed by atoms with van der Waals surface area (Å²) in [7, 11) is 0. The number of nitrogen functional groups attached to an aromatic ring is 1. The lowest BCUT2D eigenvalue weighted by Crippen LogP contribution is -2.29. The first-order valence-corrected chi connectivity index (χ1v) is 19.4. The molecule has 10 aromatic carbocycles. The van der Waals surface area contributed by atoms with Crippen LogP contribution in [0.2, 0.25) is 0 Å². The second-order valence-corrected chi connectivity index (χ2v) is 14.2. The first kappa shape index (κ1) is 39.4. The number of amides is 2. The van der Waals surface area contributed by atoms with E-state index in [1.165, 1.54) is 0 Å². The Labute approximate surface area is 350 Å². The van der Waals surface area contributed by atoms with E-state index in [0.29, 0.717) is 0 Å². The van der Waals surface area contributed by atoms with Crippen molar-refractivity contribution in [3.63, 3.8) is 0 Å². The van der Waals surface area contributed by atoms with E-state index in [1.807, 2.05) is 139 Å². The third kappa shape index (κ3) is 8.31.